The Morgan fingerprint density at radius 2 is 2.28 bits per heavy atom. The quantitative estimate of drug-likeness (QED) is 0.854. The SMILES string of the molecule is CC[C@H](CO)NC(c1ccco1)c1ccc(Cl)s1. The topological polar surface area (TPSA) is 45.4 Å². The zero-order valence-corrected chi connectivity index (χ0v) is 11.7. The van der Waals surface area contributed by atoms with Gasteiger partial charge >= 0.3 is 0 Å². The molecule has 98 valence electrons. The fraction of sp³-hybridized carbons (Fsp3) is 0.385. The van der Waals surface area contributed by atoms with Crippen molar-refractivity contribution in [1.82, 2.24) is 5.32 Å². The van der Waals surface area contributed by atoms with Crippen molar-refractivity contribution < 1.29 is 9.52 Å². The molecule has 0 aromatic carbocycles. The summed E-state index contributed by atoms with van der Waals surface area (Å²) in [6.07, 6.45) is 2.51. The van der Waals surface area contributed by atoms with Gasteiger partial charge in [-0.3, -0.25) is 5.32 Å². The highest BCUT2D eigenvalue weighted by Gasteiger charge is 2.21. The number of nitrogens with one attached hydrogen (secondary N) is 1. The average Bonchev–Trinajstić information content (AvgIpc) is 3.02. The molecular formula is C13H16ClNO2S. The molecule has 0 saturated carbocycles. The van der Waals surface area contributed by atoms with Crippen molar-refractivity contribution in [2.75, 3.05) is 6.61 Å². The molecule has 0 fully saturated rings. The van der Waals surface area contributed by atoms with E-state index in [1.165, 1.54) is 11.3 Å². The van der Waals surface area contributed by atoms with Crippen molar-refractivity contribution in [2.45, 2.75) is 25.4 Å². The van der Waals surface area contributed by atoms with E-state index in [4.69, 9.17) is 16.0 Å². The first kappa shape index (κ1) is 13.6. The van der Waals surface area contributed by atoms with Crippen LogP contribution in [0.5, 0.6) is 0 Å². The van der Waals surface area contributed by atoms with Crippen LogP contribution in [0.2, 0.25) is 4.34 Å². The Balaban J connectivity index is 2.23. The maximum absolute atomic E-state index is 9.31. The zero-order chi connectivity index (χ0) is 13.0. The van der Waals surface area contributed by atoms with E-state index >= 15 is 0 Å². The third-order valence-electron chi connectivity index (χ3n) is 2.82. The van der Waals surface area contributed by atoms with Crippen molar-refractivity contribution in [3.8, 4) is 0 Å². The molecule has 0 aliphatic heterocycles. The maximum atomic E-state index is 9.31. The largest absolute Gasteiger partial charge is 0.467 e. The summed E-state index contributed by atoms with van der Waals surface area (Å²) >= 11 is 7.50. The van der Waals surface area contributed by atoms with Crippen LogP contribution in [-0.4, -0.2) is 17.8 Å². The fourth-order valence-electron chi connectivity index (χ4n) is 1.78. The molecule has 2 aromatic heterocycles. The number of thiophene rings is 1. The summed E-state index contributed by atoms with van der Waals surface area (Å²) < 4.78 is 6.22. The molecular weight excluding hydrogens is 270 g/mol. The van der Waals surface area contributed by atoms with Crippen LogP contribution in [0.3, 0.4) is 0 Å². The lowest BCUT2D eigenvalue weighted by atomic mass is 10.1. The van der Waals surface area contributed by atoms with Crippen LogP contribution in [0.4, 0.5) is 0 Å². The van der Waals surface area contributed by atoms with Crippen LogP contribution >= 0.6 is 22.9 Å². The van der Waals surface area contributed by atoms with Crippen LogP contribution in [0.25, 0.3) is 0 Å². The fourth-order valence-corrected chi connectivity index (χ4v) is 2.91. The number of aliphatic hydroxyl groups excluding tert-OH is 1. The second-order valence-electron chi connectivity index (χ2n) is 4.04. The van der Waals surface area contributed by atoms with Crippen LogP contribution in [-0.2, 0) is 0 Å². The molecule has 2 aromatic rings. The zero-order valence-electron chi connectivity index (χ0n) is 10.1. The van der Waals surface area contributed by atoms with Gasteiger partial charge in [0.15, 0.2) is 0 Å². The minimum absolute atomic E-state index is 0.0426. The molecule has 1 unspecified atom stereocenters. The van der Waals surface area contributed by atoms with Gasteiger partial charge in [-0.15, -0.1) is 11.3 Å². The van der Waals surface area contributed by atoms with Gasteiger partial charge in [0, 0.05) is 10.9 Å². The molecule has 0 saturated heterocycles. The van der Waals surface area contributed by atoms with Crippen molar-refractivity contribution in [2.24, 2.45) is 0 Å². The van der Waals surface area contributed by atoms with E-state index in [2.05, 4.69) is 5.32 Å². The number of rotatable bonds is 6. The molecule has 0 spiro atoms. The molecule has 3 nitrogen and oxygen atoms in total. The highest BCUT2D eigenvalue weighted by atomic mass is 35.5. The summed E-state index contributed by atoms with van der Waals surface area (Å²) in [4.78, 5) is 1.09. The van der Waals surface area contributed by atoms with E-state index in [0.717, 1.165) is 21.4 Å². The first-order valence-corrected chi connectivity index (χ1v) is 7.09. The van der Waals surface area contributed by atoms with Gasteiger partial charge in [-0.25, -0.2) is 0 Å². The summed E-state index contributed by atoms with van der Waals surface area (Å²) in [6, 6.07) is 7.63. The van der Waals surface area contributed by atoms with Gasteiger partial charge in [0.2, 0.25) is 0 Å². The van der Waals surface area contributed by atoms with Crippen LogP contribution in [0.15, 0.2) is 34.9 Å². The van der Waals surface area contributed by atoms with Crippen molar-refractivity contribution in [1.29, 1.82) is 0 Å². The lowest BCUT2D eigenvalue weighted by Gasteiger charge is -2.21. The summed E-state index contributed by atoms with van der Waals surface area (Å²) in [6.45, 7) is 2.14. The number of hydrogen-bond donors (Lipinski definition) is 2. The molecule has 2 N–H and O–H groups in total. The highest BCUT2D eigenvalue weighted by molar-refractivity contribution is 7.16. The molecule has 0 aliphatic rings. The second kappa shape index (κ2) is 6.38. The van der Waals surface area contributed by atoms with E-state index in [1.54, 1.807) is 6.26 Å². The Labute approximate surface area is 115 Å². The van der Waals surface area contributed by atoms with Crippen molar-refractivity contribution in [3.63, 3.8) is 0 Å². The standard InChI is InChI=1S/C13H16ClNO2S/c1-2-9(8-16)15-13(10-4-3-7-17-10)11-5-6-12(14)18-11/h3-7,9,13,15-16H,2,8H2,1H3/t9-,13?/m1/s1. The predicted molar refractivity (Wildman–Crippen MR) is 74.2 cm³/mol. The molecule has 0 bridgehead atoms. The Hall–Kier alpha value is -0.810. The molecule has 18 heavy (non-hydrogen) atoms. The van der Waals surface area contributed by atoms with Crippen LogP contribution in [0.1, 0.15) is 30.0 Å². The Morgan fingerprint density at radius 1 is 1.44 bits per heavy atom. The summed E-state index contributed by atoms with van der Waals surface area (Å²) in [5.74, 6) is 0.834. The molecule has 0 radical (unpaired) electrons. The smallest absolute Gasteiger partial charge is 0.126 e. The number of hydrogen-bond acceptors (Lipinski definition) is 4. The molecule has 0 aliphatic carbocycles. The van der Waals surface area contributed by atoms with Gasteiger partial charge in [0.05, 0.1) is 17.2 Å². The first-order chi connectivity index (χ1) is 8.74. The Bertz CT molecular complexity index is 465. The van der Waals surface area contributed by atoms with Gasteiger partial charge in [-0.2, -0.15) is 0 Å². The van der Waals surface area contributed by atoms with E-state index in [-0.39, 0.29) is 18.7 Å². The van der Waals surface area contributed by atoms with Gasteiger partial charge in [0.25, 0.3) is 0 Å². The van der Waals surface area contributed by atoms with Gasteiger partial charge in [-0.05, 0) is 30.7 Å². The summed E-state index contributed by atoms with van der Waals surface area (Å²) in [5.41, 5.74) is 0. The number of aliphatic hydroxyl groups is 1. The summed E-state index contributed by atoms with van der Waals surface area (Å²) in [5, 5.41) is 12.7. The molecule has 0 amide bonds. The second-order valence-corrected chi connectivity index (χ2v) is 5.79. The Kier molecular flexibility index (Phi) is 4.83. The van der Waals surface area contributed by atoms with Crippen molar-refractivity contribution >= 4 is 22.9 Å². The maximum Gasteiger partial charge on any atom is 0.126 e. The van der Waals surface area contributed by atoms with E-state index in [1.807, 2.05) is 31.2 Å². The lowest BCUT2D eigenvalue weighted by Crippen LogP contribution is -2.35. The molecule has 5 heteroatoms. The van der Waals surface area contributed by atoms with E-state index in [9.17, 15) is 5.11 Å². The van der Waals surface area contributed by atoms with Gasteiger partial charge in [-0.1, -0.05) is 18.5 Å². The average molecular weight is 286 g/mol. The minimum atomic E-state index is -0.0606. The third-order valence-corrected chi connectivity index (χ3v) is 4.12. The summed E-state index contributed by atoms with van der Waals surface area (Å²) in [7, 11) is 0. The monoisotopic (exact) mass is 285 g/mol. The van der Waals surface area contributed by atoms with Crippen molar-refractivity contribution in [3.05, 3.63) is 45.5 Å². The first-order valence-electron chi connectivity index (χ1n) is 5.90. The van der Waals surface area contributed by atoms with Gasteiger partial charge < -0.3 is 9.52 Å². The van der Waals surface area contributed by atoms with Gasteiger partial charge in [0.1, 0.15) is 11.8 Å². The Morgan fingerprint density at radius 3 is 2.78 bits per heavy atom. The number of halogens is 1. The third kappa shape index (κ3) is 3.14. The number of furan rings is 1. The van der Waals surface area contributed by atoms with Crippen LogP contribution < -0.4 is 5.32 Å². The molecule has 2 atom stereocenters. The minimum Gasteiger partial charge on any atom is -0.467 e. The lowest BCUT2D eigenvalue weighted by molar-refractivity contribution is 0.229. The highest BCUT2D eigenvalue weighted by Crippen LogP contribution is 2.31. The molecule has 2 heterocycles. The van der Waals surface area contributed by atoms with E-state index in [0.29, 0.717) is 0 Å². The predicted octanol–water partition coefficient (Wildman–Crippen LogP) is 3.44. The normalized spacial score (nSPS) is 14.6. The van der Waals surface area contributed by atoms with E-state index < -0.39 is 0 Å². The molecule has 2 rings (SSSR count). The van der Waals surface area contributed by atoms with Crippen LogP contribution in [0, 0.1) is 0 Å².